The molecule has 0 radical (unpaired) electrons. The van der Waals surface area contributed by atoms with E-state index in [4.69, 9.17) is 18.5 Å². The molecule has 0 heterocycles. The highest BCUT2D eigenvalue weighted by Gasteiger charge is 2.27. The van der Waals surface area contributed by atoms with Crippen molar-refractivity contribution in [2.45, 2.75) is 142 Å². The van der Waals surface area contributed by atoms with Gasteiger partial charge in [-0.3, -0.25) is 18.6 Å². The second-order valence-corrected chi connectivity index (χ2v) is 14.3. The average Bonchev–Trinajstić information content (AvgIpc) is 3.17. The Bertz CT molecular complexity index is 1230. The summed E-state index contributed by atoms with van der Waals surface area (Å²) < 4.78 is 32.4. The van der Waals surface area contributed by atoms with E-state index in [2.05, 4.69) is 86.8 Å². The van der Waals surface area contributed by atoms with Crippen molar-refractivity contribution in [1.82, 2.24) is 0 Å². The van der Waals surface area contributed by atoms with Crippen LogP contribution in [0.3, 0.4) is 0 Å². The van der Waals surface area contributed by atoms with Gasteiger partial charge in [0.05, 0.1) is 32.8 Å². The number of unbranched alkanes of at least 4 members (excludes halogenated alkanes) is 7. The molecule has 0 aliphatic rings. The fourth-order valence-electron chi connectivity index (χ4n) is 4.79. The fourth-order valence-corrected chi connectivity index (χ4v) is 5.57. The third-order valence-electron chi connectivity index (χ3n) is 7.82. The standard InChI is InChI=1S/C44H71O10P/c1-3-5-7-9-11-13-15-17-19-20-22-24-26-28-30-32-34-36-44(48)54-42(38-46)40-52-55(49,50)51-39-41(37-45)53-43(47)35-33-31-29-27-25-23-21-18-16-14-12-10-8-6-4-2/h5-8,11-14,17-19,21,25,27,31,33,41-42,45-46H,3-4,9-10,15-16,20,22-24,26,28-30,32,34-40H2,1-2H3,(H,49,50)/b7-5-,8-6-,13-11-,14-12-,19-17-,21-18-,27-25-,33-31-. The molecule has 0 aromatic carbocycles. The SMILES string of the molecule is CC/C=C\C/C=C\C/C=C\C/C=C\C/C=C\CC(=O)OC(CO)COP(=O)(O)OCC(CO)OC(=O)CCCCCCCCC/C=C\C/C=C\C/C=C\CC. The number of aliphatic hydroxyl groups excluding tert-OH is 2. The Morgan fingerprint density at radius 2 is 0.873 bits per heavy atom. The van der Waals surface area contributed by atoms with E-state index >= 15 is 0 Å². The summed E-state index contributed by atoms with van der Waals surface area (Å²) in [4.78, 5) is 34.4. The van der Waals surface area contributed by atoms with Gasteiger partial charge in [-0.05, 0) is 70.6 Å². The Morgan fingerprint density at radius 1 is 0.509 bits per heavy atom. The average molecular weight is 791 g/mol. The molecule has 3 unspecified atom stereocenters. The smallest absolute Gasteiger partial charge is 0.457 e. The number of ether oxygens (including phenoxy) is 2. The Kier molecular flexibility index (Phi) is 36.9. The van der Waals surface area contributed by atoms with Gasteiger partial charge in [0.15, 0.2) is 0 Å². The van der Waals surface area contributed by atoms with Crippen LogP contribution in [0.5, 0.6) is 0 Å². The van der Waals surface area contributed by atoms with Crippen molar-refractivity contribution in [2.75, 3.05) is 26.4 Å². The van der Waals surface area contributed by atoms with Crippen LogP contribution in [0.1, 0.15) is 129 Å². The van der Waals surface area contributed by atoms with Crippen LogP contribution in [0.25, 0.3) is 0 Å². The molecular formula is C44H71O10P. The van der Waals surface area contributed by atoms with Gasteiger partial charge in [0, 0.05) is 6.42 Å². The van der Waals surface area contributed by atoms with Gasteiger partial charge < -0.3 is 24.6 Å². The molecule has 0 saturated carbocycles. The zero-order chi connectivity index (χ0) is 40.5. The number of rotatable bonds is 36. The maximum Gasteiger partial charge on any atom is 0.472 e. The van der Waals surface area contributed by atoms with E-state index in [1.165, 1.54) is 12.8 Å². The van der Waals surface area contributed by atoms with Crippen LogP contribution in [0.4, 0.5) is 0 Å². The molecule has 10 nitrogen and oxygen atoms in total. The molecule has 11 heteroatoms. The van der Waals surface area contributed by atoms with Crippen molar-refractivity contribution in [2.24, 2.45) is 0 Å². The highest BCUT2D eigenvalue weighted by atomic mass is 31.2. The van der Waals surface area contributed by atoms with Crippen LogP contribution in [0.2, 0.25) is 0 Å². The maximum atomic E-state index is 12.3. The number of phosphoric ester groups is 1. The third kappa shape index (κ3) is 37.6. The molecule has 0 rings (SSSR count). The normalized spacial score (nSPS) is 14.9. The summed E-state index contributed by atoms with van der Waals surface area (Å²) in [6, 6.07) is 0. The lowest BCUT2D eigenvalue weighted by Gasteiger charge is -2.20. The van der Waals surface area contributed by atoms with Crippen LogP contribution in [0, 0.1) is 0 Å². The van der Waals surface area contributed by atoms with E-state index < -0.39 is 58.4 Å². The Hall–Kier alpha value is -3.11. The van der Waals surface area contributed by atoms with Crippen LogP contribution in [-0.4, -0.2) is 65.7 Å². The molecule has 55 heavy (non-hydrogen) atoms. The van der Waals surface area contributed by atoms with Crippen LogP contribution < -0.4 is 0 Å². The second kappa shape index (κ2) is 39.1. The van der Waals surface area contributed by atoms with Crippen molar-refractivity contribution < 1.29 is 47.8 Å². The first-order chi connectivity index (χ1) is 26.8. The van der Waals surface area contributed by atoms with E-state index in [9.17, 15) is 29.3 Å². The largest absolute Gasteiger partial charge is 0.472 e. The Morgan fingerprint density at radius 3 is 1.31 bits per heavy atom. The molecule has 0 aromatic rings. The molecule has 0 amide bonds. The number of hydrogen-bond acceptors (Lipinski definition) is 9. The molecule has 3 N–H and O–H groups in total. The number of allylic oxidation sites excluding steroid dienone is 15. The summed E-state index contributed by atoms with van der Waals surface area (Å²) in [5.74, 6) is -1.17. The monoisotopic (exact) mass is 790 g/mol. The van der Waals surface area contributed by atoms with Crippen molar-refractivity contribution in [3.8, 4) is 0 Å². The summed E-state index contributed by atoms with van der Waals surface area (Å²) in [7, 11) is -4.67. The number of carbonyl (C=O) groups excluding carboxylic acids is 2. The molecule has 0 fully saturated rings. The van der Waals surface area contributed by atoms with E-state index in [0.29, 0.717) is 12.8 Å². The zero-order valence-corrected chi connectivity index (χ0v) is 34.5. The highest BCUT2D eigenvalue weighted by Crippen LogP contribution is 2.43. The van der Waals surface area contributed by atoms with E-state index in [1.807, 2.05) is 18.2 Å². The topological polar surface area (TPSA) is 149 Å². The molecule has 0 saturated heterocycles. The van der Waals surface area contributed by atoms with E-state index in [1.54, 1.807) is 6.08 Å². The van der Waals surface area contributed by atoms with E-state index in [-0.39, 0.29) is 12.8 Å². The molecular weight excluding hydrogens is 719 g/mol. The van der Waals surface area contributed by atoms with Gasteiger partial charge in [-0.2, -0.15) is 0 Å². The van der Waals surface area contributed by atoms with Gasteiger partial charge >= 0.3 is 19.8 Å². The minimum Gasteiger partial charge on any atom is -0.457 e. The summed E-state index contributed by atoms with van der Waals surface area (Å²) in [5, 5.41) is 19.1. The number of phosphoric acid groups is 1. The maximum absolute atomic E-state index is 12.3. The molecule has 0 spiro atoms. The molecule has 312 valence electrons. The van der Waals surface area contributed by atoms with Crippen molar-refractivity contribution >= 4 is 19.8 Å². The molecule has 0 aliphatic carbocycles. The van der Waals surface area contributed by atoms with Gasteiger partial charge in [-0.15, -0.1) is 0 Å². The summed E-state index contributed by atoms with van der Waals surface area (Å²) in [6.07, 6.45) is 46.9. The zero-order valence-electron chi connectivity index (χ0n) is 33.6. The molecule has 0 bridgehead atoms. The minimum absolute atomic E-state index is 0.0461. The molecule has 0 aromatic heterocycles. The highest BCUT2D eigenvalue weighted by molar-refractivity contribution is 7.47. The van der Waals surface area contributed by atoms with Gasteiger partial charge in [-0.1, -0.05) is 143 Å². The predicted octanol–water partition coefficient (Wildman–Crippen LogP) is 10.4. The number of hydrogen-bond donors (Lipinski definition) is 3. The molecule has 3 atom stereocenters. The summed E-state index contributed by atoms with van der Waals surface area (Å²) in [5.41, 5.74) is 0. The minimum atomic E-state index is -4.67. The lowest BCUT2D eigenvalue weighted by Crippen LogP contribution is -2.28. The van der Waals surface area contributed by atoms with Gasteiger partial charge in [0.25, 0.3) is 0 Å². The fraction of sp³-hybridized carbons (Fsp3) is 0.591. The first-order valence-corrected chi connectivity index (χ1v) is 21.7. The lowest BCUT2D eigenvalue weighted by molar-refractivity contribution is -0.153. The van der Waals surface area contributed by atoms with E-state index in [0.717, 1.165) is 77.0 Å². The second-order valence-electron chi connectivity index (χ2n) is 12.9. The first kappa shape index (κ1) is 51.9. The Labute approximate surface area is 332 Å². The van der Waals surface area contributed by atoms with Crippen molar-refractivity contribution in [3.05, 3.63) is 97.2 Å². The quantitative estimate of drug-likeness (QED) is 0.0242. The van der Waals surface area contributed by atoms with Gasteiger partial charge in [0.1, 0.15) is 12.2 Å². The lowest BCUT2D eigenvalue weighted by atomic mass is 10.1. The van der Waals surface area contributed by atoms with Crippen LogP contribution in [0.15, 0.2) is 97.2 Å². The summed E-state index contributed by atoms with van der Waals surface area (Å²) in [6.45, 7) is 1.83. The Balaban J connectivity index is 4.09. The predicted molar refractivity (Wildman–Crippen MR) is 223 cm³/mol. The van der Waals surface area contributed by atoms with Crippen LogP contribution >= 0.6 is 7.82 Å². The van der Waals surface area contributed by atoms with Crippen molar-refractivity contribution in [3.63, 3.8) is 0 Å². The number of carbonyl (C=O) groups is 2. The number of esters is 2. The summed E-state index contributed by atoms with van der Waals surface area (Å²) >= 11 is 0. The first-order valence-electron chi connectivity index (χ1n) is 20.2. The third-order valence-corrected chi connectivity index (χ3v) is 8.78. The molecule has 0 aliphatic heterocycles. The van der Waals surface area contributed by atoms with Gasteiger partial charge in [0.2, 0.25) is 0 Å². The van der Waals surface area contributed by atoms with Crippen molar-refractivity contribution in [1.29, 1.82) is 0 Å². The van der Waals surface area contributed by atoms with Crippen LogP contribution in [-0.2, 0) is 32.7 Å². The van der Waals surface area contributed by atoms with Gasteiger partial charge in [-0.25, -0.2) is 4.57 Å². The number of aliphatic hydroxyl groups is 2.